The molecular weight excluding hydrogens is 312 g/mol. The second kappa shape index (κ2) is 7.64. The Morgan fingerprint density at radius 2 is 1.72 bits per heavy atom. The maximum absolute atomic E-state index is 12.7. The predicted molar refractivity (Wildman–Crippen MR) is 101 cm³/mol. The average Bonchev–Trinajstić information content (AvgIpc) is 2.86. The van der Waals surface area contributed by atoms with Gasteiger partial charge in [-0.1, -0.05) is 30.5 Å². The second-order valence-electron chi connectivity index (χ2n) is 6.83. The minimum absolute atomic E-state index is 0.187. The van der Waals surface area contributed by atoms with Crippen LogP contribution in [0.15, 0.2) is 24.3 Å². The number of hydrogen-bond donors (Lipinski definition) is 1. The third kappa shape index (κ3) is 4.35. The summed E-state index contributed by atoms with van der Waals surface area (Å²) >= 11 is 0. The molecule has 1 saturated heterocycles. The maximum Gasteiger partial charge on any atom is 0.274 e. The summed E-state index contributed by atoms with van der Waals surface area (Å²) in [6, 6.07) is 7.81. The molecule has 0 atom stereocenters. The Morgan fingerprint density at radius 3 is 2.40 bits per heavy atom. The van der Waals surface area contributed by atoms with Crippen LogP contribution in [0.4, 0.5) is 11.5 Å². The third-order valence-electron chi connectivity index (χ3n) is 4.62. The van der Waals surface area contributed by atoms with Crippen molar-refractivity contribution in [3.05, 3.63) is 46.9 Å². The van der Waals surface area contributed by atoms with Crippen LogP contribution in [-0.2, 0) is 0 Å². The molecule has 1 aromatic heterocycles. The molecule has 1 N–H and O–H groups in total. The number of anilines is 2. The van der Waals surface area contributed by atoms with Gasteiger partial charge in [-0.15, -0.1) is 0 Å². The van der Waals surface area contributed by atoms with Gasteiger partial charge in [0.15, 0.2) is 0 Å². The van der Waals surface area contributed by atoms with E-state index in [1.807, 2.05) is 39.0 Å². The normalized spacial score (nSPS) is 14.9. The number of rotatable bonds is 3. The SMILES string of the molecule is Cc1ccc(NC(=O)c2cc(N3CCCCCC3)nc(C)n2)c(C)c1. The van der Waals surface area contributed by atoms with Crippen LogP contribution < -0.4 is 10.2 Å². The van der Waals surface area contributed by atoms with Crippen molar-refractivity contribution in [1.82, 2.24) is 9.97 Å². The molecule has 5 heteroatoms. The van der Waals surface area contributed by atoms with Gasteiger partial charge in [-0.3, -0.25) is 4.79 Å². The molecule has 5 nitrogen and oxygen atoms in total. The summed E-state index contributed by atoms with van der Waals surface area (Å²) in [6.45, 7) is 7.87. The maximum atomic E-state index is 12.7. The molecule has 0 spiro atoms. The second-order valence-corrected chi connectivity index (χ2v) is 6.83. The Hall–Kier alpha value is -2.43. The highest BCUT2D eigenvalue weighted by atomic mass is 16.1. The van der Waals surface area contributed by atoms with Crippen molar-refractivity contribution < 1.29 is 4.79 Å². The van der Waals surface area contributed by atoms with E-state index in [9.17, 15) is 4.79 Å². The van der Waals surface area contributed by atoms with Crippen LogP contribution in [0.3, 0.4) is 0 Å². The first-order valence-electron chi connectivity index (χ1n) is 9.02. The summed E-state index contributed by atoms with van der Waals surface area (Å²) < 4.78 is 0. The molecule has 2 heterocycles. The molecule has 25 heavy (non-hydrogen) atoms. The number of benzene rings is 1. The van der Waals surface area contributed by atoms with Crippen molar-refractivity contribution in [3.63, 3.8) is 0 Å². The highest BCUT2D eigenvalue weighted by Gasteiger charge is 2.16. The van der Waals surface area contributed by atoms with Crippen LogP contribution in [-0.4, -0.2) is 29.0 Å². The van der Waals surface area contributed by atoms with Crippen molar-refractivity contribution in [3.8, 4) is 0 Å². The van der Waals surface area contributed by atoms with E-state index in [1.54, 1.807) is 0 Å². The van der Waals surface area contributed by atoms with Gasteiger partial charge in [-0.25, -0.2) is 9.97 Å². The molecule has 1 aliphatic rings. The van der Waals surface area contributed by atoms with Gasteiger partial charge in [0.2, 0.25) is 0 Å². The van der Waals surface area contributed by atoms with Crippen molar-refractivity contribution in [2.24, 2.45) is 0 Å². The Labute approximate surface area is 149 Å². The van der Waals surface area contributed by atoms with Gasteiger partial charge in [0.05, 0.1) is 0 Å². The smallest absolute Gasteiger partial charge is 0.274 e. The molecule has 0 radical (unpaired) electrons. The number of hydrogen-bond acceptors (Lipinski definition) is 4. The molecule has 1 aromatic carbocycles. The van der Waals surface area contributed by atoms with E-state index in [0.29, 0.717) is 11.5 Å². The van der Waals surface area contributed by atoms with Crippen LogP contribution in [0.2, 0.25) is 0 Å². The summed E-state index contributed by atoms with van der Waals surface area (Å²) in [4.78, 5) is 23.9. The molecule has 1 fully saturated rings. The highest BCUT2D eigenvalue weighted by Crippen LogP contribution is 2.20. The third-order valence-corrected chi connectivity index (χ3v) is 4.62. The minimum Gasteiger partial charge on any atom is -0.356 e. The molecule has 132 valence electrons. The zero-order valence-electron chi connectivity index (χ0n) is 15.3. The van der Waals surface area contributed by atoms with Crippen molar-refractivity contribution in [1.29, 1.82) is 0 Å². The zero-order valence-corrected chi connectivity index (χ0v) is 15.3. The highest BCUT2D eigenvalue weighted by molar-refractivity contribution is 6.03. The Morgan fingerprint density at radius 1 is 1.00 bits per heavy atom. The predicted octanol–water partition coefficient (Wildman–Crippen LogP) is 4.03. The number of aryl methyl sites for hydroxylation is 3. The van der Waals surface area contributed by atoms with Crippen LogP contribution >= 0.6 is 0 Å². The van der Waals surface area contributed by atoms with Gasteiger partial charge < -0.3 is 10.2 Å². The Kier molecular flexibility index (Phi) is 5.31. The molecule has 0 saturated carbocycles. The molecular formula is C20H26N4O. The van der Waals surface area contributed by atoms with E-state index in [0.717, 1.165) is 30.2 Å². The van der Waals surface area contributed by atoms with Crippen molar-refractivity contribution >= 4 is 17.4 Å². The summed E-state index contributed by atoms with van der Waals surface area (Å²) in [7, 11) is 0. The van der Waals surface area contributed by atoms with Gasteiger partial charge in [0.25, 0.3) is 5.91 Å². The van der Waals surface area contributed by atoms with Crippen LogP contribution in [0.5, 0.6) is 0 Å². The van der Waals surface area contributed by atoms with Gasteiger partial charge in [-0.05, 0) is 45.2 Å². The fraction of sp³-hybridized carbons (Fsp3) is 0.450. The summed E-state index contributed by atoms with van der Waals surface area (Å²) in [5.41, 5.74) is 3.47. The fourth-order valence-corrected chi connectivity index (χ4v) is 3.27. The van der Waals surface area contributed by atoms with Crippen LogP contribution in [0, 0.1) is 20.8 Å². The van der Waals surface area contributed by atoms with E-state index >= 15 is 0 Å². The number of amides is 1. The van der Waals surface area contributed by atoms with Crippen LogP contribution in [0.25, 0.3) is 0 Å². The van der Waals surface area contributed by atoms with E-state index in [2.05, 4.69) is 26.3 Å². The summed E-state index contributed by atoms with van der Waals surface area (Å²) in [5.74, 6) is 1.31. The molecule has 2 aromatic rings. The van der Waals surface area contributed by atoms with E-state index in [4.69, 9.17) is 0 Å². The first kappa shape index (κ1) is 17.4. The average molecular weight is 338 g/mol. The quantitative estimate of drug-likeness (QED) is 0.918. The standard InChI is InChI=1S/C20H26N4O/c1-14-8-9-17(15(2)12-14)23-20(25)18-13-19(22-16(3)21-18)24-10-6-4-5-7-11-24/h8-9,12-13H,4-7,10-11H2,1-3H3,(H,23,25). The summed E-state index contributed by atoms with van der Waals surface area (Å²) in [5, 5.41) is 2.98. The lowest BCUT2D eigenvalue weighted by atomic mass is 10.1. The lowest BCUT2D eigenvalue weighted by Crippen LogP contribution is -2.26. The lowest BCUT2D eigenvalue weighted by Gasteiger charge is -2.22. The van der Waals surface area contributed by atoms with Gasteiger partial charge in [0, 0.05) is 24.8 Å². The van der Waals surface area contributed by atoms with Crippen LogP contribution in [0.1, 0.15) is 53.1 Å². The van der Waals surface area contributed by atoms with Crippen molar-refractivity contribution in [2.75, 3.05) is 23.3 Å². The van der Waals surface area contributed by atoms with Gasteiger partial charge in [0.1, 0.15) is 17.3 Å². The largest absolute Gasteiger partial charge is 0.356 e. The first-order valence-corrected chi connectivity index (χ1v) is 9.02. The van der Waals surface area contributed by atoms with Gasteiger partial charge in [-0.2, -0.15) is 0 Å². The summed E-state index contributed by atoms with van der Waals surface area (Å²) in [6.07, 6.45) is 4.88. The van der Waals surface area contributed by atoms with Gasteiger partial charge >= 0.3 is 0 Å². The monoisotopic (exact) mass is 338 g/mol. The number of nitrogens with zero attached hydrogens (tertiary/aromatic N) is 3. The molecule has 0 unspecified atom stereocenters. The minimum atomic E-state index is -0.187. The zero-order chi connectivity index (χ0) is 17.8. The number of carbonyl (C=O) groups is 1. The molecule has 0 bridgehead atoms. The lowest BCUT2D eigenvalue weighted by molar-refractivity contribution is 0.102. The fourth-order valence-electron chi connectivity index (χ4n) is 3.27. The van der Waals surface area contributed by atoms with E-state index in [-0.39, 0.29) is 5.91 Å². The van der Waals surface area contributed by atoms with Crippen molar-refractivity contribution in [2.45, 2.75) is 46.5 Å². The molecule has 1 amide bonds. The topological polar surface area (TPSA) is 58.1 Å². The first-order chi connectivity index (χ1) is 12.0. The number of aromatic nitrogens is 2. The van der Waals surface area contributed by atoms with E-state index in [1.165, 1.54) is 31.2 Å². The Balaban J connectivity index is 1.82. The van der Waals surface area contributed by atoms with E-state index < -0.39 is 0 Å². The number of nitrogens with one attached hydrogen (secondary N) is 1. The Bertz CT molecular complexity index is 764. The molecule has 1 aliphatic heterocycles. The number of carbonyl (C=O) groups excluding carboxylic acids is 1. The molecule has 0 aliphatic carbocycles. The molecule has 3 rings (SSSR count).